The van der Waals surface area contributed by atoms with Crippen molar-refractivity contribution in [2.45, 2.75) is 88.5 Å². The Kier molecular flexibility index (Phi) is 13.0. The zero-order valence-electron chi connectivity index (χ0n) is 51.3. The highest BCUT2D eigenvalue weighted by Gasteiger charge is 2.41. The summed E-state index contributed by atoms with van der Waals surface area (Å²) >= 11 is 0. The molecule has 0 unspecified atom stereocenters. The summed E-state index contributed by atoms with van der Waals surface area (Å²) in [7, 11) is 0. The van der Waals surface area contributed by atoms with E-state index in [1.807, 2.05) is 56.3 Å². The van der Waals surface area contributed by atoms with Gasteiger partial charge in [0.15, 0.2) is 0 Å². The maximum Gasteiger partial charge on any atom is 0.417 e. The number of halogens is 6. The topological polar surface area (TPSA) is 33.6 Å². The molecule has 0 saturated heterocycles. The summed E-state index contributed by atoms with van der Waals surface area (Å²) in [5.74, 6) is 0. The molecule has 11 aromatic carbocycles. The highest BCUT2D eigenvalue weighted by molar-refractivity contribution is 6.15. The van der Waals surface area contributed by atoms with E-state index < -0.39 is 23.5 Å². The van der Waals surface area contributed by atoms with Gasteiger partial charge in [0.25, 0.3) is 0 Å². The van der Waals surface area contributed by atoms with Gasteiger partial charge in [0.2, 0.25) is 0 Å². The van der Waals surface area contributed by atoms with Crippen molar-refractivity contribution in [3.05, 3.63) is 248 Å². The maximum absolute atomic E-state index is 16.4. The van der Waals surface area contributed by atoms with Crippen LogP contribution in [0, 0.1) is 87.5 Å². The number of aromatic nitrogens is 2. The van der Waals surface area contributed by atoms with Gasteiger partial charge in [-0.15, -0.1) is 0 Å². The summed E-state index contributed by atoms with van der Waals surface area (Å²) in [6.07, 6.45) is -10.4. The summed E-state index contributed by atoms with van der Waals surface area (Å²) in [5, 5.41) is 14.3. The van der Waals surface area contributed by atoms with Gasteiger partial charge in [-0.3, -0.25) is 0 Å². The first-order valence-electron chi connectivity index (χ1n) is 29.9. The molecule has 0 spiro atoms. The Bertz CT molecular complexity index is 5120. The molecule has 0 saturated carbocycles. The molecule has 0 aliphatic carbocycles. The van der Waals surface area contributed by atoms with Crippen LogP contribution < -0.4 is 0 Å². The Morgan fingerprint density at radius 1 is 0.303 bits per heavy atom. The molecule has 438 valence electrons. The Morgan fingerprint density at radius 2 is 0.629 bits per heavy atom. The van der Waals surface area contributed by atoms with Crippen molar-refractivity contribution >= 4 is 43.6 Å². The quantitative estimate of drug-likeness (QED) is 0.162. The summed E-state index contributed by atoms with van der Waals surface area (Å²) in [5.41, 5.74) is 21.6. The molecule has 13 aromatic rings. The second-order valence-electron chi connectivity index (χ2n) is 24.9. The smallest absolute Gasteiger partial charge is 0.309 e. The molecule has 17 rings (SSSR count). The van der Waals surface area contributed by atoms with Crippen LogP contribution in [0.25, 0.3) is 133 Å². The number of hydrogen-bond donors (Lipinski definition) is 0. The Balaban J connectivity index is 1.19. The zero-order valence-corrected chi connectivity index (χ0v) is 51.3. The lowest BCUT2D eigenvalue weighted by molar-refractivity contribution is -0.142. The Hall–Kier alpha value is -9.91. The molecule has 0 N–H and O–H groups in total. The third kappa shape index (κ3) is 9.17. The van der Waals surface area contributed by atoms with Gasteiger partial charge in [0, 0.05) is 38.2 Å². The third-order valence-corrected chi connectivity index (χ3v) is 18.4. The van der Waals surface area contributed by atoms with Gasteiger partial charge in [-0.1, -0.05) is 113 Å². The lowest BCUT2D eigenvalue weighted by Gasteiger charge is -2.24. The van der Waals surface area contributed by atoms with Crippen molar-refractivity contribution in [3.8, 4) is 95.3 Å². The number of aryl methyl sites for hydroxylation is 11. The fourth-order valence-electron chi connectivity index (χ4n) is 15.3. The minimum absolute atomic E-state index is 0.0639. The zero-order chi connectivity index (χ0) is 62.6. The van der Waals surface area contributed by atoms with E-state index >= 15 is 26.3 Å². The number of nitrogens with zero attached hydrogens (tertiary/aromatic N) is 3. The van der Waals surface area contributed by atoms with Crippen molar-refractivity contribution in [3.63, 3.8) is 0 Å². The molecule has 9 heteroatoms. The summed E-state index contributed by atoms with van der Waals surface area (Å²) in [6, 6.07) is 56.1. The van der Waals surface area contributed by atoms with E-state index in [9.17, 15) is 5.26 Å². The van der Waals surface area contributed by atoms with E-state index in [2.05, 4.69) is 169 Å². The number of alkyl halides is 6. The fraction of sp³-hybridized carbons (Fsp3) is 0.163. The lowest BCUT2D eigenvalue weighted by Crippen LogP contribution is -2.14. The minimum Gasteiger partial charge on any atom is -0.309 e. The number of nitriles is 1. The monoisotopic (exact) mass is 1180 g/mol. The molecule has 6 bridgehead atoms. The first-order valence-corrected chi connectivity index (χ1v) is 29.9. The SMILES string of the molecule is Cc1cc(C)c(-c2ccc3c(c2)c2cc(-c4c(C)cc(C)cc4C)ccc2n3-c2cc3ccc2-c2ccc(C#N)cc2-n2c4ccc(-c5c(C)cc(C)cc5C)cc4c4cc(ccc42)-c2c(C)cc(C)cc2-c2cc(C(F)(F)F)cc(C(F)(F)F)c2-3)c(C)c1. The fourth-order valence-corrected chi connectivity index (χ4v) is 15.3. The molecule has 0 atom stereocenters. The summed E-state index contributed by atoms with van der Waals surface area (Å²) in [4.78, 5) is 0. The average Bonchev–Trinajstić information content (AvgIpc) is 1.74. The van der Waals surface area contributed by atoms with Crippen LogP contribution in [-0.2, 0) is 12.4 Å². The number of benzene rings is 11. The predicted octanol–water partition coefficient (Wildman–Crippen LogP) is 23.2. The van der Waals surface area contributed by atoms with Gasteiger partial charge in [-0.05, 0) is 255 Å². The van der Waals surface area contributed by atoms with Crippen molar-refractivity contribution < 1.29 is 26.3 Å². The summed E-state index contributed by atoms with van der Waals surface area (Å²) < 4.78 is 100. The largest absolute Gasteiger partial charge is 0.417 e. The first kappa shape index (κ1) is 56.9. The van der Waals surface area contributed by atoms with Crippen LogP contribution in [0.3, 0.4) is 0 Å². The van der Waals surface area contributed by atoms with E-state index in [1.165, 1.54) is 0 Å². The summed E-state index contributed by atoms with van der Waals surface area (Å²) in [6.45, 7) is 22.6. The second kappa shape index (κ2) is 20.3. The number of rotatable bonds is 4. The molecule has 0 radical (unpaired) electrons. The van der Waals surface area contributed by atoms with Crippen LogP contribution in [0.4, 0.5) is 26.3 Å². The van der Waals surface area contributed by atoms with Crippen molar-refractivity contribution in [2.75, 3.05) is 0 Å². The van der Waals surface area contributed by atoms with E-state index in [1.54, 1.807) is 24.3 Å². The number of fused-ring (bicyclic) bond motifs is 4. The van der Waals surface area contributed by atoms with Crippen molar-refractivity contribution in [1.29, 1.82) is 5.26 Å². The van der Waals surface area contributed by atoms with Crippen LogP contribution in [0.15, 0.2) is 170 Å². The molecule has 4 aliphatic heterocycles. The van der Waals surface area contributed by atoms with Crippen LogP contribution in [0.5, 0.6) is 0 Å². The molecule has 6 heterocycles. The molecule has 0 amide bonds. The Labute approximate surface area is 513 Å². The van der Waals surface area contributed by atoms with E-state index in [0.29, 0.717) is 50.3 Å². The van der Waals surface area contributed by atoms with Crippen LogP contribution >= 0.6 is 0 Å². The van der Waals surface area contributed by atoms with Gasteiger partial charge >= 0.3 is 12.4 Å². The lowest BCUT2D eigenvalue weighted by atomic mass is 9.82. The van der Waals surface area contributed by atoms with Crippen LogP contribution in [0.2, 0.25) is 0 Å². The van der Waals surface area contributed by atoms with Gasteiger partial charge in [-0.25, -0.2) is 0 Å². The van der Waals surface area contributed by atoms with E-state index in [-0.39, 0.29) is 28.3 Å². The highest BCUT2D eigenvalue weighted by atomic mass is 19.4. The molecule has 2 aromatic heterocycles. The second-order valence-corrected chi connectivity index (χ2v) is 24.9. The standard InChI is InChI=1S/C80H61F6N3/c1-41-24-45(5)74(46(6)25-41)53-14-20-68-63(35-53)64-36-56-17-23-69(64)88(68)72-32-52(40-87)12-18-59(72)60-19-13-57(78-66(65-31-44(4)30-51(11)77(56)65)38-58(79(81,82)83)39-67(78)80(84,85)86)37-73(60)89-70-21-15-54(75-47(7)26-42(2)27-48(75)8)33-61(70)62-34-55(16-22-71(62)89)76-49(9)28-43(3)29-50(76)10/h12-39H,1-11H3. The molecule has 3 nitrogen and oxygen atoms in total. The molecular formula is C80H61F6N3. The van der Waals surface area contributed by atoms with Crippen molar-refractivity contribution in [2.24, 2.45) is 0 Å². The van der Waals surface area contributed by atoms with Gasteiger partial charge in [0.1, 0.15) is 0 Å². The minimum atomic E-state index is -5.25. The molecule has 89 heavy (non-hydrogen) atoms. The predicted molar refractivity (Wildman–Crippen MR) is 354 cm³/mol. The third-order valence-electron chi connectivity index (χ3n) is 18.4. The first-order chi connectivity index (χ1) is 42.3. The van der Waals surface area contributed by atoms with Gasteiger partial charge in [-0.2, -0.15) is 31.6 Å². The molecular weight excluding hydrogens is 1120 g/mol. The highest BCUT2D eigenvalue weighted by Crippen LogP contribution is 2.53. The Morgan fingerprint density at radius 3 is 1.01 bits per heavy atom. The maximum atomic E-state index is 16.4. The molecule has 0 fully saturated rings. The van der Waals surface area contributed by atoms with Crippen LogP contribution in [0.1, 0.15) is 77.9 Å². The van der Waals surface area contributed by atoms with Crippen LogP contribution in [-0.4, -0.2) is 9.13 Å². The normalized spacial score (nSPS) is 12.3. The van der Waals surface area contributed by atoms with Crippen molar-refractivity contribution in [1.82, 2.24) is 9.13 Å². The van der Waals surface area contributed by atoms with E-state index in [0.717, 1.165) is 133 Å². The molecule has 4 aliphatic rings. The van der Waals surface area contributed by atoms with Gasteiger partial charge < -0.3 is 9.13 Å². The number of hydrogen-bond acceptors (Lipinski definition) is 1. The average molecular weight is 1180 g/mol. The van der Waals surface area contributed by atoms with E-state index in [4.69, 9.17) is 0 Å². The van der Waals surface area contributed by atoms with Gasteiger partial charge in [0.05, 0.1) is 56.2 Å².